The van der Waals surface area contributed by atoms with Crippen LogP contribution in [0.1, 0.15) is 33.6 Å². The van der Waals surface area contributed by atoms with Crippen LogP contribution >= 0.6 is 0 Å². The van der Waals surface area contributed by atoms with Crippen molar-refractivity contribution in [2.45, 2.75) is 12.8 Å². The SMILES string of the molecule is NS(=O)(=O)N1CCC(C(=O)ON2C(=O)c3ccccc3C2=O)CC1. The molecule has 1 aromatic carbocycles. The molecule has 0 aliphatic carbocycles. The molecule has 0 saturated carbocycles. The summed E-state index contributed by atoms with van der Waals surface area (Å²) in [7, 11) is -3.79. The minimum Gasteiger partial charge on any atom is -0.329 e. The Balaban J connectivity index is 1.65. The van der Waals surface area contributed by atoms with Crippen molar-refractivity contribution in [3.05, 3.63) is 35.4 Å². The van der Waals surface area contributed by atoms with Gasteiger partial charge in [0.15, 0.2) is 0 Å². The van der Waals surface area contributed by atoms with Gasteiger partial charge in [0.1, 0.15) is 0 Å². The van der Waals surface area contributed by atoms with Gasteiger partial charge in [-0.2, -0.15) is 12.7 Å². The molecular formula is C14H15N3O6S. The summed E-state index contributed by atoms with van der Waals surface area (Å²) in [5.41, 5.74) is 0.360. The van der Waals surface area contributed by atoms with Crippen molar-refractivity contribution in [2.24, 2.45) is 11.1 Å². The van der Waals surface area contributed by atoms with Crippen LogP contribution in [0, 0.1) is 5.92 Å². The van der Waals surface area contributed by atoms with Crippen molar-refractivity contribution in [1.29, 1.82) is 0 Å². The van der Waals surface area contributed by atoms with Crippen LogP contribution in [0.25, 0.3) is 0 Å². The van der Waals surface area contributed by atoms with Gasteiger partial charge in [-0.15, -0.1) is 0 Å². The predicted octanol–water partition coefficient (Wildman–Crippen LogP) is -0.344. The minimum absolute atomic E-state index is 0.0840. The molecule has 1 fully saturated rings. The molecule has 0 unspecified atom stereocenters. The lowest BCUT2D eigenvalue weighted by molar-refractivity contribution is -0.175. The maximum absolute atomic E-state index is 12.2. The molecule has 9 nitrogen and oxygen atoms in total. The van der Waals surface area contributed by atoms with Gasteiger partial charge < -0.3 is 4.84 Å². The number of benzene rings is 1. The molecule has 2 N–H and O–H groups in total. The number of carbonyl (C=O) groups is 3. The second-order valence-electron chi connectivity index (χ2n) is 5.58. The van der Waals surface area contributed by atoms with E-state index in [9.17, 15) is 22.8 Å². The smallest absolute Gasteiger partial charge is 0.329 e. The lowest BCUT2D eigenvalue weighted by Gasteiger charge is -2.28. The maximum Gasteiger partial charge on any atom is 0.336 e. The molecule has 0 radical (unpaired) electrons. The van der Waals surface area contributed by atoms with E-state index in [0.717, 1.165) is 4.31 Å². The minimum atomic E-state index is -3.79. The predicted molar refractivity (Wildman–Crippen MR) is 80.4 cm³/mol. The Morgan fingerprint density at radius 3 is 2.04 bits per heavy atom. The Kier molecular flexibility index (Phi) is 4.11. The van der Waals surface area contributed by atoms with Gasteiger partial charge in [0.2, 0.25) is 0 Å². The summed E-state index contributed by atoms with van der Waals surface area (Å²) in [6.07, 6.45) is 0.414. The van der Waals surface area contributed by atoms with E-state index in [0.29, 0.717) is 5.06 Å². The summed E-state index contributed by atoms with van der Waals surface area (Å²) in [5.74, 6) is -2.72. The highest BCUT2D eigenvalue weighted by Crippen LogP contribution is 2.25. The van der Waals surface area contributed by atoms with Gasteiger partial charge in [-0.1, -0.05) is 17.2 Å². The average molecular weight is 353 g/mol. The van der Waals surface area contributed by atoms with Crippen LogP contribution in [0.4, 0.5) is 0 Å². The fourth-order valence-corrected chi connectivity index (χ4v) is 3.48. The molecule has 2 aliphatic heterocycles. The van der Waals surface area contributed by atoms with Gasteiger partial charge in [0, 0.05) is 13.1 Å². The van der Waals surface area contributed by atoms with E-state index in [4.69, 9.17) is 9.98 Å². The van der Waals surface area contributed by atoms with Gasteiger partial charge >= 0.3 is 5.97 Å². The summed E-state index contributed by atoms with van der Waals surface area (Å²) in [6.45, 7) is 0.168. The first kappa shape index (κ1) is 16.6. The molecule has 1 saturated heterocycles. The molecule has 0 atom stereocenters. The number of hydrogen-bond acceptors (Lipinski definition) is 6. The van der Waals surface area contributed by atoms with Crippen molar-refractivity contribution in [1.82, 2.24) is 9.37 Å². The summed E-state index contributed by atoms with van der Waals surface area (Å²) < 4.78 is 23.6. The second kappa shape index (κ2) is 5.96. The van der Waals surface area contributed by atoms with Crippen LogP contribution < -0.4 is 5.14 Å². The molecule has 2 amide bonds. The fraction of sp³-hybridized carbons (Fsp3) is 0.357. The van der Waals surface area contributed by atoms with Gasteiger partial charge in [-0.3, -0.25) is 9.59 Å². The normalized spacial score (nSPS) is 19.5. The number of carbonyl (C=O) groups excluding carboxylic acids is 3. The Bertz CT molecular complexity index is 779. The van der Waals surface area contributed by atoms with Crippen molar-refractivity contribution in [2.75, 3.05) is 13.1 Å². The number of hydrogen-bond donors (Lipinski definition) is 1. The molecule has 0 aromatic heterocycles. The molecule has 128 valence electrons. The lowest BCUT2D eigenvalue weighted by atomic mass is 9.99. The molecule has 1 aromatic rings. The number of piperidine rings is 1. The lowest BCUT2D eigenvalue weighted by Crippen LogP contribution is -2.44. The first-order valence-corrected chi connectivity index (χ1v) is 8.77. The van der Waals surface area contributed by atoms with E-state index in [1.54, 1.807) is 12.1 Å². The van der Waals surface area contributed by atoms with Crippen LogP contribution in [-0.2, 0) is 19.8 Å². The van der Waals surface area contributed by atoms with Crippen molar-refractivity contribution >= 4 is 28.0 Å². The van der Waals surface area contributed by atoms with Gasteiger partial charge in [-0.05, 0) is 25.0 Å². The highest BCUT2D eigenvalue weighted by Gasteiger charge is 2.40. The molecule has 0 bridgehead atoms. The van der Waals surface area contributed by atoms with E-state index < -0.39 is 33.9 Å². The quantitative estimate of drug-likeness (QED) is 0.740. The summed E-state index contributed by atoms with van der Waals surface area (Å²) in [6, 6.07) is 6.18. The monoisotopic (exact) mass is 353 g/mol. The van der Waals surface area contributed by atoms with Crippen molar-refractivity contribution < 1.29 is 27.6 Å². The Morgan fingerprint density at radius 2 is 1.58 bits per heavy atom. The Morgan fingerprint density at radius 1 is 1.08 bits per heavy atom. The van der Waals surface area contributed by atoms with E-state index in [1.165, 1.54) is 12.1 Å². The molecule has 0 spiro atoms. The third kappa shape index (κ3) is 2.90. The first-order valence-electron chi connectivity index (χ1n) is 7.26. The molecule has 3 rings (SSSR count). The second-order valence-corrected chi connectivity index (χ2v) is 7.13. The van der Waals surface area contributed by atoms with E-state index >= 15 is 0 Å². The number of fused-ring (bicyclic) bond motifs is 1. The highest BCUT2D eigenvalue weighted by atomic mass is 32.2. The van der Waals surface area contributed by atoms with Gasteiger partial charge in [0.05, 0.1) is 17.0 Å². The average Bonchev–Trinajstić information content (AvgIpc) is 2.79. The Labute approximate surface area is 138 Å². The maximum atomic E-state index is 12.2. The number of nitrogens with two attached hydrogens (primary N) is 1. The van der Waals surface area contributed by atoms with Gasteiger partial charge in [0.25, 0.3) is 22.0 Å². The third-order valence-electron chi connectivity index (χ3n) is 4.09. The third-order valence-corrected chi connectivity index (χ3v) is 5.17. The zero-order chi connectivity index (χ0) is 17.5. The largest absolute Gasteiger partial charge is 0.336 e. The molecule has 2 heterocycles. The molecule has 10 heteroatoms. The zero-order valence-electron chi connectivity index (χ0n) is 12.5. The van der Waals surface area contributed by atoms with Crippen LogP contribution in [0.3, 0.4) is 0 Å². The Hall–Kier alpha value is -2.30. The van der Waals surface area contributed by atoms with Gasteiger partial charge in [-0.25, -0.2) is 9.93 Å². The number of hydroxylamine groups is 2. The molecule has 24 heavy (non-hydrogen) atoms. The van der Waals surface area contributed by atoms with Crippen LogP contribution in [0.5, 0.6) is 0 Å². The van der Waals surface area contributed by atoms with E-state index in [-0.39, 0.29) is 37.1 Å². The summed E-state index contributed by atoms with van der Waals surface area (Å²) in [4.78, 5) is 41.4. The van der Waals surface area contributed by atoms with Crippen LogP contribution in [0.2, 0.25) is 0 Å². The van der Waals surface area contributed by atoms with E-state index in [1.807, 2.05) is 0 Å². The van der Waals surface area contributed by atoms with Crippen LogP contribution in [-0.4, -0.2) is 48.7 Å². The standard InChI is InChI=1S/C14H15N3O6S/c15-24(21,22)16-7-5-9(6-8-16)14(20)23-17-12(18)10-3-1-2-4-11(10)13(17)19/h1-4,9H,5-8H2,(H2,15,21,22). The van der Waals surface area contributed by atoms with Crippen molar-refractivity contribution in [3.8, 4) is 0 Å². The summed E-state index contributed by atoms with van der Waals surface area (Å²) >= 11 is 0. The number of imide groups is 1. The van der Waals surface area contributed by atoms with Crippen molar-refractivity contribution in [3.63, 3.8) is 0 Å². The molecule has 2 aliphatic rings. The zero-order valence-corrected chi connectivity index (χ0v) is 13.4. The number of nitrogens with zero attached hydrogens (tertiary/aromatic N) is 2. The molecular weight excluding hydrogens is 338 g/mol. The first-order chi connectivity index (χ1) is 11.3. The fourth-order valence-electron chi connectivity index (χ4n) is 2.76. The highest BCUT2D eigenvalue weighted by molar-refractivity contribution is 7.86. The topological polar surface area (TPSA) is 127 Å². The number of amides is 2. The number of rotatable bonds is 3. The van der Waals surface area contributed by atoms with Crippen LogP contribution in [0.15, 0.2) is 24.3 Å². The van der Waals surface area contributed by atoms with E-state index in [2.05, 4.69) is 0 Å². The summed E-state index contributed by atoms with van der Waals surface area (Å²) in [5, 5.41) is 5.49.